The highest BCUT2D eigenvalue weighted by Gasteiger charge is 2.46. The van der Waals surface area contributed by atoms with Crippen molar-refractivity contribution in [1.29, 1.82) is 0 Å². The van der Waals surface area contributed by atoms with Crippen molar-refractivity contribution < 1.29 is 24.3 Å². The van der Waals surface area contributed by atoms with Crippen LogP contribution < -0.4 is 10.8 Å². The molecular weight excluding hydrogens is 362 g/mol. The summed E-state index contributed by atoms with van der Waals surface area (Å²) in [7, 11) is 0. The van der Waals surface area contributed by atoms with E-state index in [0.29, 0.717) is 6.54 Å². The van der Waals surface area contributed by atoms with Crippen molar-refractivity contribution in [3.05, 3.63) is 60.2 Å². The van der Waals surface area contributed by atoms with Gasteiger partial charge in [-0.1, -0.05) is 54.6 Å². The van der Waals surface area contributed by atoms with Gasteiger partial charge >= 0.3 is 6.03 Å². The van der Waals surface area contributed by atoms with Crippen LogP contribution in [0.5, 0.6) is 0 Å². The van der Waals surface area contributed by atoms with E-state index in [1.165, 1.54) is 4.90 Å². The molecule has 28 heavy (non-hydrogen) atoms. The second kappa shape index (κ2) is 7.97. The molecule has 0 aliphatic carbocycles. The van der Waals surface area contributed by atoms with E-state index in [2.05, 4.69) is 5.32 Å². The Kier molecular flexibility index (Phi) is 5.25. The molecular formula is C20H21N3O5. The Labute approximate surface area is 162 Å². The molecule has 8 heteroatoms. The Hall–Kier alpha value is -2.94. The Morgan fingerprint density at radius 2 is 1.71 bits per heavy atom. The predicted octanol–water partition coefficient (Wildman–Crippen LogP) is 1.49. The second-order valence-corrected chi connectivity index (χ2v) is 6.76. The molecule has 2 heterocycles. The number of urea groups is 1. The summed E-state index contributed by atoms with van der Waals surface area (Å²) in [5.41, 5.74) is 4.80. The van der Waals surface area contributed by atoms with Crippen molar-refractivity contribution in [2.75, 3.05) is 13.1 Å². The fourth-order valence-corrected chi connectivity index (χ4v) is 3.45. The molecule has 2 aliphatic heterocycles. The Morgan fingerprint density at radius 3 is 2.43 bits per heavy atom. The number of rotatable bonds is 4. The van der Waals surface area contributed by atoms with Crippen LogP contribution in [0.25, 0.3) is 11.1 Å². The summed E-state index contributed by atoms with van der Waals surface area (Å²) < 4.78 is 11.2. The zero-order valence-electron chi connectivity index (χ0n) is 15.1. The first-order valence-corrected chi connectivity index (χ1v) is 9.06. The molecule has 2 aliphatic rings. The second-order valence-electron chi connectivity index (χ2n) is 6.76. The molecule has 2 aromatic carbocycles. The van der Waals surface area contributed by atoms with Crippen LogP contribution in [-0.2, 0) is 20.8 Å². The summed E-state index contributed by atoms with van der Waals surface area (Å²) >= 11 is 0. The summed E-state index contributed by atoms with van der Waals surface area (Å²) in [6.45, 7) is 0.701. The predicted molar refractivity (Wildman–Crippen MR) is 99.1 cm³/mol. The highest BCUT2D eigenvalue weighted by Crippen LogP contribution is 2.26. The van der Waals surface area contributed by atoms with Gasteiger partial charge in [-0.3, -0.25) is 10.0 Å². The zero-order valence-corrected chi connectivity index (χ0v) is 15.1. The van der Waals surface area contributed by atoms with Crippen LogP contribution in [0.1, 0.15) is 5.56 Å². The summed E-state index contributed by atoms with van der Waals surface area (Å²) in [5.74, 6) is -0.286. The van der Waals surface area contributed by atoms with E-state index in [1.54, 1.807) is 5.48 Å². The van der Waals surface area contributed by atoms with Crippen molar-refractivity contribution >= 4 is 11.9 Å². The van der Waals surface area contributed by atoms with Crippen LogP contribution in [0.4, 0.5) is 4.79 Å². The minimum absolute atomic E-state index is 0.160. The van der Waals surface area contributed by atoms with E-state index in [4.69, 9.17) is 14.7 Å². The summed E-state index contributed by atoms with van der Waals surface area (Å²) in [6, 6.07) is 17.4. The van der Waals surface area contributed by atoms with E-state index in [9.17, 15) is 9.59 Å². The van der Waals surface area contributed by atoms with Gasteiger partial charge in [-0.05, 0) is 16.7 Å². The molecule has 146 valence electrons. The topological polar surface area (TPSA) is 100 Å². The van der Waals surface area contributed by atoms with Gasteiger partial charge in [0.2, 0.25) is 0 Å². The van der Waals surface area contributed by atoms with Crippen LogP contribution in [0.15, 0.2) is 54.6 Å². The van der Waals surface area contributed by atoms with Crippen molar-refractivity contribution in [1.82, 2.24) is 15.7 Å². The maximum atomic E-state index is 12.5. The number of benzene rings is 2. The molecule has 4 rings (SSSR count). The maximum Gasteiger partial charge on any atom is 0.341 e. The zero-order chi connectivity index (χ0) is 19.5. The number of ether oxygens (including phenoxy) is 2. The smallest absolute Gasteiger partial charge is 0.341 e. The van der Waals surface area contributed by atoms with Gasteiger partial charge in [0.1, 0.15) is 6.10 Å². The first-order valence-electron chi connectivity index (χ1n) is 9.06. The lowest BCUT2D eigenvalue weighted by atomic mass is 10.0. The number of fused-ring (bicyclic) bond motifs is 2. The van der Waals surface area contributed by atoms with Crippen LogP contribution in [0.2, 0.25) is 0 Å². The third-order valence-electron chi connectivity index (χ3n) is 4.90. The molecule has 8 nitrogen and oxygen atoms in total. The van der Waals surface area contributed by atoms with Crippen molar-refractivity contribution in [2.24, 2.45) is 0 Å². The number of hydrogen-bond acceptors (Lipinski definition) is 5. The van der Waals surface area contributed by atoms with E-state index in [1.807, 2.05) is 54.6 Å². The first-order chi connectivity index (χ1) is 13.6. The third kappa shape index (κ3) is 3.84. The molecule has 2 bridgehead atoms. The van der Waals surface area contributed by atoms with E-state index >= 15 is 0 Å². The molecule has 0 saturated carbocycles. The van der Waals surface area contributed by atoms with Gasteiger partial charge in [0.05, 0.1) is 13.1 Å². The van der Waals surface area contributed by atoms with Crippen LogP contribution >= 0.6 is 0 Å². The molecule has 2 saturated heterocycles. The number of nitrogens with one attached hydrogen (secondary N) is 2. The van der Waals surface area contributed by atoms with Gasteiger partial charge in [0.15, 0.2) is 12.4 Å². The standard InChI is InChI=1S/C20H21N3O5/c24-19(18-16-11-23(20(25)22-26)12-17(27-16)28-18)21-10-13-6-8-15(9-7-13)14-4-2-1-3-5-14/h1-9,16-18,26H,10-12H2,(H,21,24)(H,22,25)/t16-,17-,18+/m0/s1. The molecule has 2 aromatic rings. The van der Waals surface area contributed by atoms with Gasteiger partial charge in [0, 0.05) is 6.54 Å². The molecule has 3 amide bonds. The summed E-state index contributed by atoms with van der Waals surface area (Å²) in [6.07, 6.45) is -2.02. The minimum atomic E-state index is -0.787. The number of amides is 3. The van der Waals surface area contributed by atoms with Crippen LogP contribution in [0, 0.1) is 0 Å². The largest absolute Gasteiger partial charge is 0.350 e. The lowest BCUT2D eigenvalue weighted by Crippen LogP contribution is -2.51. The lowest BCUT2D eigenvalue weighted by Gasteiger charge is -2.29. The van der Waals surface area contributed by atoms with E-state index in [-0.39, 0.29) is 19.0 Å². The Balaban J connectivity index is 1.33. The minimum Gasteiger partial charge on any atom is -0.350 e. The summed E-state index contributed by atoms with van der Waals surface area (Å²) in [5, 5.41) is 11.6. The number of carbonyl (C=O) groups excluding carboxylic acids is 2. The molecule has 0 radical (unpaired) electrons. The number of hydrogen-bond donors (Lipinski definition) is 3. The summed E-state index contributed by atoms with van der Waals surface area (Å²) in [4.78, 5) is 25.4. The third-order valence-corrected chi connectivity index (χ3v) is 4.90. The quantitative estimate of drug-likeness (QED) is 0.549. The Morgan fingerprint density at radius 1 is 1.00 bits per heavy atom. The average molecular weight is 383 g/mol. The molecule has 0 spiro atoms. The molecule has 3 atom stereocenters. The molecule has 2 fully saturated rings. The van der Waals surface area contributed by atoms with Crippen LogP contribution in [0.3, 0.4) is 0 Å². The van der Waals surface area contributed by atoms with Gasteiger partial charge in [-0.15, -0.1) is 0 Å². The van der Waals surface area contributed by atoms with Gasteiger partial charge in [-0.25, -0.2) is 10.3 Å². The fourth-order valence-electron chi connectivity index (χ4n) is 3.45. The van der Waals surface area contributed by atoms with Gasteiger partial charge in [-0.2, -0.15) is 0 Å². The highest BCUT2D eigenvalue weighted by atomic mass is 16.7. The molecule has 0 aromatic heterocycles. The maximum absolute atomic E-state index is 12.5. The first kappa shape index (κ1) is 18.4. The molecule has 3 N–H and O–H groups in total. The van der Waals surface area contributed by atoms with E-state index < -0.39 is 24.5 Å². The number of morpholine rings is 1. The number of nitrogens with zero attached hydrogens (tertiary/aromatic N) is 1. The van der Waals surface area contributed by atoms with Gasteiger partial charge in [0.25, 0.3) is 5.91 Å². The van der Waals surface area contributed by atoms with Crippen LogP contribution in [-0.4, -0.2) is 53.6 Å². The lowest BCUT2D eigenvalue weighted by molar-refractivity contribution is -0.134. The average Bonchev–Trinajstić information content (AvgIpc) is 3.05. The highest BCUT2D eigenvalue weighted by molar-refractivity contribution is 5.82. The number of carbonyl (C=O) groups is 2. The number of hydroxylamine groups is 1. The van der Waals surface area contributed by atoms with Crippen molar-refractivity contribution in [3.63, 3.8) is 0 Å². The fraction of sp³-hybridized carbons (Fsp3) is 0.300. The van der Waals surface area contributed by atoms with Gasteiger partial charge < -0.3 is 19.7 Å². The monoisotopic (exact) mass is 383 g/mol. The van der Waals surface area contributed by atoms with Crippen molar-refractivity contribution in [2.45, 2.75) is 25.0 Å². The van der Waals surface area contributed by atoms with Crippen molar-refractivity contribution in [3.8, 4) is 11.1 Å². The molecule has 0 unspecified atom stereocenters. The Bertz CT molecular complexity index is 843. The van der Waals surface area contributed by atoms with E-state index in [0.717, 1.165) is 16.7 Å². The SMILES string of the molecule is O=C(NCc1ccc(-c2ccccc2)cc1)[C@@H]1O[C@H]2CN(C(=O)NO)C[C@@H]1O2. The normalized spacial score (nSPS) is 23.3.